The van der Waals surface area contributed by atoms with Crippen molar-refractivity contribution in [2.75, 3.05) is 13.1 Å². The van der Waals surface area contributed by atoms with Crippen LogP contribution in [0.5, 0.6) is 0 Å². The van der Waals surface area contributed by atoms with Gasteiger partial charge >= 0.3 is 0 Å². The molecule has 0 spiro atoms. The summed E-state index contributed by atoms with van der Waals surface area (Å²) in [4.78, 5) is 6.42. The fraction of sp³-hybridized carbons (Fsp3) is 0.545. The largest absolute Gasteiger partial charge is 0.327 e. The Morgan fingerprint density at radius 3 is 3.20 bits per heavy atom. The van der Waals surface area contributed by atoms with E-state index in [1.807, 2.05) is 12.1 Å². The van der Waals surface area contributed by atoms with E-state index in [1.165, 1.54) is 6.42 Å². The van der Waals surface area contributed by atoms with E-state index in [-0.39, 0.29) is 0 Å². The SMILES string of the molecule is N[C@H]1CCCN(Cc2cccnc2Cl)C1. The van der Waals surface area contributed by atoms with Gasteiger partial charge in [-0.05, 0) is 25.5 Å². The number of halogens is 1. The molecule has 82 valence electrons. The van der Waals surface area contributed by atoms with Crippen molar-refractivity contribution in [2.45, 2.75) is 25.4 Å². The molecule has 0 amide bonds. The van der Waals surface area contributed by atoms with E-state index in [2.05, 4.69) is 9.88 Å². The molecule has 4 heteroatoms. The molecule has 0 aliphatic carbocycles. The normalized spacial score (nSPS) is 22.9. The van der Waals surface area contributed by atoms with Gasteiger partial charge in [0.05, 0.1) is 0 Å². The van der Waals surface area contributed by atoms with Crippen LogP contribution in [0.2, 0.25) is 5.15 Å². The van der Waals surface area contributed by atoms with Gasteiger partial charge < -0.3 is 5.73 Å². The minimum Gasteiger partial charge on any atom is -0.327 e. The van der Waals surface area contributed by atoms with Crippen molar-refractivity contribution in [2.24, 2.45) is 5.73 Å². The van der Waals surface area contributed by atoms with Crippen molar-refractivity contribution >= 4 is 11.6 Å². The van der Waals surface area contributed by atoms with Crippen LogP contribution in [0.25, 0.3) is 0 Å². The lowest BCUT2D eigenvalue weighted by molar-refractivity contribution is 0.201. The van der Waals surface area contributed by atoms with Crippen molar-refractivity contribution in [3.63, 3.8) is 0 Å². The van der Waals surface area contributed by atoms with Gasteiger partial charge in [0.25, 0.3) is 0 Å². The Balaban J connectivity index is 1.99. The lowest BCUT2D eigenvalue weighted by Crippen LogP contribution is -2.42. The maximum Gasteiger partial charge on any atom is 0.133 e. The summed E-state index contributed by atoms with van der Waals surface area (Å²) >= 11 is 6.01. The third-order valence-electron chi connectivity index (χ3n) is 2.77. The maximum atomic E-state index is 6.01. The number of nitrogens with zero attached hydrogens (tertiary/aromatic N) is 2. The van der Waals surface area contributed by atoms with E-state index in [0.29, 0.717) is 11.2 Å². The summed E-state index contributed by atoms with van der Waals surface area (Å²) < 4.78 is 0. The zero-order valence-corrected chi connectivity index (χ0v) is 9.45. The summed E-state index contributed by atoms with van der Waals surface area (Å²) in [6.07, 6.45) is 4.03. The molecule has 1 aromatic rings. The highest BCUT2D eigenvalue weighted by Crippen LogP contribution is 2.17. The number of pyridine rings is 1. The van der Waals surface area contributed by atoms with Crippen molar-refractivity contribution in [3.8, 4) is 0 Å². The van der Waals surface area contributed by atoms with Gasteiger partial charge in [-0.1, -0.05) is 17.7 Å². The zero-order valence-electron chi connectivity index (χ0n) is 8.69. The van der Waals surface area contributed by atoms with E-state index in [9.17, 15) is 0 Å². The predicted molar refractivity (Wildman–Crippen MR) is 61.7 cm³/mol. The molecule has 2 rings (SSSR count). The lowest BCUT2D eigenvalue weighted by Gasteiger charge is -2.30. The van der Waals surface area contributed by atoms with Gasteiger partial charge in [0.15, 0.2) is 0 Å². The Bertz CT molecular complexity index is 329. The van der Waals surface area contributed by atoms with E-state index in [1.54, 1.807) is 6.20 Å². The molecule has 1 aliphatic rings. The molecule has 0 aromatic carbocycles. The molecule has 3 nitrogen and oxygen atoms in total. The zero-order chi connectivity index (χ0) is 10.7. The minimum atomic E-state index is 0.314. The van der Waals surface area contributed by atoms with Gasteiger partial charge in [0.2, 0.25) is 0 Å². The first-order valence-electron chi connectivity index (χ1n) is 5.33. The molecule has 0 unspecified atom stereocenters. The summed E-state index contributed by atoms with van der Waals surface area (Å²) in [6.45, 7) is 2.94. The van der Waals surface area contributed by atoms with Crippen LogP contribution in [-0.2, 0) is 6.54 Å². The average molecular weight is 226 g/mol. The molecule has 2 N–H and O–H groups in total. The molecule has 1 aliphatic heterocycles. The van der Waals surface area contributed by atoms with E-state index in [0.717, 1.165) is 31.6 Å². The summed E-state index contributed by atoms with van der Waals surface area (Å²) in [5, 5.41) is 0.608. The van der Waals surface area contributed by atoms with Crippen LogP contribution in [-0.4, -0.2) is 29.0 Å². The van der Waals surface area contributed by atoms with Crippen LogP contribution in [0.3, 0.4) is 0 Å². The van der Waals surface area contributed by atoms with Gasteiger partial charge in [-0.25, -0.2) is 4.98 Å². The third-order valence-corrected chi connectivity index (χ3v) is 3.11. The first kappa shape index (κ1) is 10.9. The Morgan fingerprint density at radius 2 is 2.47 bits per heavy atom. The third kappa shape index (κ3) is 2.91. The molecule has 1 aromatic heterocycles. The van der Waals surface area contributed by atoms with E-state index in [4.69, 9.17) is 17.3 Å². The quantitative estimate of drug-likeness (QED) is 0.779. The van der Waals surface area contributed by atoms with Crippen LogP contribution in [0.4, 0.5) is 0 Å². The molecule has 0 bridgehead atoms. The number of nitrogens with two attached hydrogens (primary N) is 1. The number of likely N-dealkylation sites (tertiary alicyclic amines) is 1. The second-order valence-electron chi connectivity index (χ2n) is 4.09. The van der Waals surface area contributed by atoms with Gasteiger partial charge in [0, 0.05) is 30.9 Å². The fourth-order valence-electron chi connectivity index (χ4n) is 2.01. The summed E-state index contributed by atoms with van der Waals surface area (Å²) in [5.41, 5.74) is 7.02. The molecule has 15 heavy (non-hydrogen) atoms. The first-order chi connectivity index (χ1) is 7.25. The van der Waals surface area contributed by atoms with Crippen LogP contribution in [0, 0.1) is 0 Å². The highest BCUT2D eigenvalue weighted by molar-refractivity contribution is 6.30. The highest BCUT2D eigenvalue weighted by Gasteiger charge is 2.17. The van der Waals surface area contributed by atoms with Gasteiger partial charge in [-0.15, -0.1) is 0 Å². The number of hydrogen-bond acceptors (Lipinski definition) is 3. The molecule has 2 heterocycles. The maximum absolute atomic E-state index is 6.01. The van der Waals surface area contributed by atoms with E-state index < -0.39 is 0 Å². The monoisotopic (exact) mass is 225 g/mol. The average Bonchev–Trinajstić information content (AvgIpc) is 2.22. The Labute approximate surface area is 95.2 Å². The Morgan fingerprint density at radius 1 is 1.60 bits per heavy atom. The number of rotatable bonds is 2. The number of piperidine rings is 1. The smallest absolute Gasteiger partial charge is 0.133 e. The van der Waals surface area contributed by atoms with Crippen molar-refractivity contribution < 1.29 is 0 Å². The molecular weight excluding hydrogens is 210 g/mol. The van der Waals surface area contributed by atoms with Gasteiger partial charge in [0.1, 0.15) is 5.15 Å². The standard InChI is InChI=1S/C11H16ClN3/c12-11-9(3-1-5-14-11)7-15-6-2-4-10(13)8-15/h1,3,5,10H,2,4,6-8,13H2/t10-/m0/s1. The van der Waals surface area contributed by atoms with Crippen LogP contribution in [0.15, 0.2) is 18.3 Å². The van der Waals surface area contributed by atoms with Crippen molar-refractivity contribution in [3.05, 3.63) is 29.0 Å². The molecule has 0 radical (unpaired) electrons. The van der Waals surface area contributed by atoms with Crippen LogP contribution < -0.4 is 5.73 Å². The van der Waals surface area contributed by atoms with Crippen molar-refractivity contribution in [1.29, 1.82) is 0 Å². The molecule has 1 atom stereocenters. The lowest BCUT2D eigenvalue weighted by atomic mass is 10.1. The fourth-order valence-corrected chi connectivity index (χ4v) is 2.19. The van der Waals surface area contributed by atoms with Gasteiger partial charge in [-0.3, -0.25) is 4.90 Å². The number of hydrogen-bond donors (Lipinski definition) is 1. The second kappa shape index (κ2) is 4.92. The summed E-state index contributed by atoms with van der Waals surface area (Å²) in [7, 11) is 0. The minimum absolute atomic E-state index is 0.314. The molecule has 1 fully saturated rings. The highest BCUT2D eigenvalue weighted by atomic mass is 35.5. The summed E-state index contributed by atoms with van der Waals surface area (Å²) in [6, 6.07) is 4.26. The van der Waals surface area contributed by atoms with Crippen LogP contribution >= 0.6 is 11.6 Å². The molecule has 0 saturated carbocycles. The first-order valence-corrected chi connectivity index (χ1v) is 5.71. The number of aromatic nitrogens is 1. The second-order valence-corrected chi connectivity index (χ2v) is 4.45. The van der Waals surface area contributed by atoms with E-state index >= 15 is 0 Å². The Kier molecular flexibility index (Phi) is 3.57. The van der Waals surface area contributed by atoms with Crippen molar-refractivity contribution in [1.82, 2.24) is 9.88 Å². The van der Waals surface area contributed by atoms with Crippen LogP contribution in [0.1, 0.15) is 18.4 Å². The summed E-state index contributed by atoms with van der Waals surface area (Å²) in [5.74, 6) is 0. The molecular formula is C11H16ClN3. The van der Waals surface area contributed by atoms with Gasteiger partial charge in [-0.2, -0.15) is 0 Å². The Hall–Kier alpha value is -0.640. The molecule has 1 saturated heterocycles. The predicted octanol–water partition coefficient (Wildman–Crippen LogP) is 1.66. The topological polar surface area (TPSA) is 42.1 Å².